The SMILES string of the molecule is Cc1ccc(C=CC(=O)NNC(=O)c2cccc([N+](=O)[O-])c2)o1. The third-order valence-corrected chi connectivity index (χ3v) is 2.78. The van der Waals surface area contributed by atoms with Crippen molar-refractivity contribution in [2.45, 2.75) is 6.92 Å². The second-order valence-electron chi connectivity index (χ2n) is 4.53. The van der Waals surface area contributed by atoms with E-state index in [0.29, 0.717) is 11.5 Å². The number of hydrazine groups is 1. The molecule has 0 saturated heterocycles. The third kappa shape index (κ3) is 4.53. The lowest BCUT2D eigenvalue weighted by molar-refractivity contribution is -0.384. The van der Waals surface area contributed by atoms with Gasteiger partial charge in [-0.3, -0.25) is 30.6 Å². The lowest BCUT2D eigenvalue weighted by Crippen LogP contribution is -2.40. The van der Waals surface area contributed by atoms with Crippen molar-refractivity contribution in [3.8, 4) is 0 Å². The number of hydrogen-bond donors (Lipinski definition) is 2. The van der Waals surface area contributed by atoms with Crippen LogP contribution >= 0.6 is 0 Å². The zero-order chi connectivity index (χ0) is 16.8. The van der Waals surface area contributed by atoms with Crippen LogP contribution in [0.1, 0.15) is 21.9 Å². The third-order valence-electron chi connectivity index (χ3n) is 2.78. The van der Waals surface area contributed by atoms with E-state index in [1.807, 2.05) is 0 Å². The fourth-order valence-electron chi connectivity index (χ4n) is 1.69. The average molecular weight is 315 g/mol. The molecule has 0 aliphatic rings. The number of furan rings is 1. The summed E-state index contributed by atoms with van der Waals surface area (Å²) >= 11 is 0. The summed E-state index contributed by atoms with van der Waals surface area (Å²) in [7, 11) is 0. The summed E-state index contributed by atoms with van der Waals surface area (Å²) in [5, 5.41) is 10.6. The number of nitrogens with one attached hydrogen (secondary N) is 2. The Labute approximate surface area is 130 Å². The van der Waals surface area contributed by atoms with Crippen molar-refractivity contribution in [2.75, 3.05) is 0 Å². The molecule has 2 amide bonds. The van der Waals surface area contributed by atoms with Gasteiger partial charge in [-0.05, 0) is 31.2 Å². The molecule has 0 fully saturated rings. The number of nitrogens with zero attached hydrogens (tertiary/aromatic N) is 1. The fourth-order valence-corrected chi connectivity index (χ4v) is 1.69. The highest BCUT2D eigenvalue weighted by Crippen LogP contribution is 2.12. The molecule has 2 rings (SSSR count). The molecule has 8 heteroatoms. The number of rotatable bonds is 4. The first kappa shape index (κ1) is 16.0. The topological polar surface area (TPSA) is 114 Å². The molecule has 0 aliphatic heterocycles. The van der Waals surface area contributed by atoms with Crippen molar-refractivity contribution in [1.29, 1.82) is 0 Å². The second kappa shape index (κ2) is 7.03. The lowest BCUT2D eigenvalue weighted by atomic mass is 10.2. The summed E-state index contributed by atoms with van der Waals surface area (Å²) in [6.45, 7) is 1.77. The van der Waals surface area contributed by atoms with Crippen molar-refractivity contribution < 1.29 is 18.9 Å². The van der Waals surface area contributed by atoms with Gasteiger partial charge in [0.25, 0.3) is 17.5 Å². The van der Waals surface area contributed by atoms with Gasteiger partial charge in [-0.15, -0.1) is 0 Å². The van der Waals surface area contributed by atoms with Gasteiger partial charge in [0.15, 0.2) is 0 Å². The van der Waals surface area contributed by atoms with Gasteiger partial charge in [-0.25, -0.2) is 0 Å². The van der Waals surface area contributed by atoms with E-state index in [1.165, 1.54) is 30.4 Å². The molecular weight excluding hydrogens is 302 g/mol. The molecule has 2 N–H and O–H groups in total. The van der Waals surface area contributed by atoms with Crippen LogP contribution in [0.25, 0.3) is 6.08 Å². The molecular formula is C15H13N3O5. The maximum absolute atomic E-state index is 11.8. The molecule has 1 aromatic heterocycles. The molecule has 0 radical (unpaired) electrons. The molecule has 2 aromatic rings. The van der Waals surface area contributed by atoms with Crippen molar-refractivity contribution in [3.05, 3.63) is 69.7 Å². The number of carbonyl (C=O) groups excluding carboxylic acids is 2. The highest BCUT2D eigenvalue weighted by molar-refractivity contribution is 5.98. The maximum atomic E-state index is 11.8. The smallest absolute Gasteiger partial charge is 0.270 e. The number of benzene rings is 1. The van der Waals surface area contributed by atoms with Crippen molar-refractivity contribution in [1.82, 2.24) is 10.9 Å². The Bertz CT molecular complexity index is 779. The van der Waals surface area contributed by atoms with Gasteiger partial charge in [-0.2, -0.15) is 0 Å². The van der Waals surface area contributed by atoms with Crippen LogP contribution in [0.4, 0.5) is 5.69 Å². The van der Waals surface area contributed by atoms with Crippen LogP contribution in [0.2, 0.25) is 0 Å². The van der Waals surface area contributed by atoms with E-state index in [4.69, 9.17) is 4.42 Å². The number of hydrogen-bond acceptors (Lipinski definition) is 5. The monoisotopic (exact) mass is 315 g/mol. The van der Waals surface area contributed by atoms with Gasteiger partial charge in [0.1, 0.15) is 11.5 Å². The summed E-state index contributed by atoms with van der Waals surface area (Å²) in [6, 6.07) is 8.61. The first-order valence-electron chi connectivity index (χ1n) is 6.55. The first-order chi connectivity index (χ1) is 11.0. The minimum absolute atomic E-state index is 0.0603. The Morgan fingerprint density at radius 2 is 2.00 bits per heavy atom. The standard InChI is InChI=1S/C15H13N3O5/c1-10-5-6-13(23-10)7-8-14(19)16-17-15(20)11-3-2-4-12(9-11)18(21)22/h2-9H,1H3,(H,16,19)(H,17,20). The zero-order valence-electron chi connectivity index (χ0n) is 12.1. The van der Waals surface area contributed by atoms with Crippen LogP contribution in [-0.4, -0.2) is 16.7 Å². The van der Waals surface area contributed by atoms with Gasteiger partial charge in [0, 0.05) is 23.8 Å². The highest BCUT2D eigenvalue weighted by atomic mass is 16.6. The van der Waals surface area contributed by atoms with Gasteiger partial charge in [-0.1, -0.05) is 6.07 Å². The molecule has 0 atom stereocenters. The first-order valence-corrected chi connectivity index (χ1v) is 6.55. The number of aryl methyl sites for hydroxylation is 1. The number of nitro benzene ring substituents is 1. The molecule has 1 heterocycles. The fraction of sp³-hybridized carbons (Fsp3) is 0.0667. The molecule has 0 bridgehead atoms. The second-order valence-corrected chi connectivity index (χ2v) is 4.53. The number of amides is 2. The minimum atomic E-state index is -0.663. The summed E-state index contributed by atoms with van der Waals surface area (Å²) in [6.07, 6.45) is 2.63. The zero-order valence-corrected chi connectivity index (χ0v) is 12.1. The Balaban J connectivity index is 1.91. The van der Waals surface area contributed by atoms with Gasteiger partial charge >= 0.3 is 0 Å². The molecule has 0 spiro atoms. The predicted octanol–water partition coefficient (Wildman–Crippen LogP) is 1.97. The minimum Gasteiger partial charge on any atom is -0.462 e. The summed E-state index contributed by atoms with van der Waals surface area (Å²) in [5.74, 6) is -0.0196. The van der Waals surface area contributed by atoms with E-state index < -0.39 is 16.7 Å². The number of carbonyl (C=O) groups is 2. The average Bonchev–Trinajstić information content (AvgIpc) is 2.96. The lowest BCUT2D eigenvalue weighted by Gasteiger charge is -2.04. The van der Waals surface area contributed by atoms with Crippen LogP contribution in [0, 0.1) is 17.0 Å². The molecule has 23 heavy (non-hydrogen) atoms. The van der Waals surface area contributed by atoms with Crippen molar-refractivity contribution >= 4 is 23.6 Å². The van der Waals surface area contributed by atoms with Crippen LogP contribution in [0.5, 0.6) is 0 Å². The predicted molar refractivity (Wildman–Crippen MR) is 81.2 cm³/mol. The van der Waals surface area contributed by atoms with Gasteiger partial charge in [0.2, 0.25) is 0 Å². The van der Waals surface area contributed by atoms with E-state index in [0.717, 1.165) is 6.07 Å². The highest BCUT2D eigenvalue weighted by Gasteiger charge is 2.11. The normalized spacial score (nSPS) is 10.5. The Morgan fingerprint density at radius 3 is 2.65 bits per heavy atom. The molecule has 118 valence electrons. The molecule has 0 saturated carbocycles. The maximum Gasteiger partial charge on any atom is 0.270 e. The van der Waals surface area contributed by atoms with Gasteiger partial charge in [0.05, 0.1) is 4.92 Å². The van der Waals surface area contributed by atoms with E-state index in [1.54, 1.807) is 19.1 Å². The van der Waals surface area contributed by atoms with Crippen molar-refractivity contribution in [2.24, 2.45) is 0 Å². The van der Waals surface area contributed by atoms with Crippen LogP contribution < -0.4 is 10.9 Å². The summed E-state index contributed by atoms with van der Waals surface area (Å²) in [5.41, 5.74) is 4.18. The summed E-state index contributed by atoms with van der Waals surface area (Å²) in [4.78, 5) is 33.4. The van der Waals surface area contributed by atoms with E-state index in [-0.39, 0.29) is 11.3 Å². The number of non-ortho nitro benzene ring substituents is 1. The summed E-state index contributed by atoms with van der Waals surface area (Å²) < 4.78 is 5.25. The largest absolute Gasteiger partial charge is 0.462 e. The Morgan fingerprint density at radius 1 is 1.22 bits per heavy atom. The van der Waals surface area contributed by atoms with E-state index >= 15 is 0 Å². The molecule has 1 aromatic carbocycles. The van der Waals surface area contributed by atoms with Crippen molar-refractivity contribution in [3.63, 3.8) is 0 Å². The Kier molecular flexibility index (Phi) is 4.88. The Hall–Kier alpha value is -3.42. The van der Waals surface area contributed by atoms with Crippen LogP contribution in [-0.2, 0) is 4.79 Å². The molecule has 0 unspecified atom stereocenters. The van der Waals surface area contributed by atoms with E-state index in [2.05, 4.69) is 10.9 Å². The van der Waals surface area contributed by atoms with Gasteiger partial charge < -0.3 is 4.42 Å². The van der Waals surface area contributed by atoms with Crippen LogP contribution in [0.3, 0.4) is 0 Å². The molecule has 0 aliphatic carbocycles. The molecule has 8 nitrogen and oxygen atoms in total. The van der Waals surface area contributed by atoms with E-state index in [9.17, 15) is 19.7 Å². The number of nitro groups is 1. The quantitative estimate of drug-likeness (QED) is 0.508. The van der Waals surface area contributed by atoms with Crippen LogP contribution in [0.15, 0.2) is 46.9 Å².